The number of nitrogens with one attached hydrogen (secondary N) is 1. The maximum absolute atomic E-state index is 13.4. The lowest BCUT2D eigenvalue weighted by Crippen LogP contribution is -2.29. The van der Waals surface area contributed by atoms with Crippen molar-refractivity contribution < 1.29 is 29.0 Å². The van der Waals surface area contributed by atoms with Crippen LogP contribution in [-0.4, -0.2) is 36.4 Å². The number of Topliss-reactive ketones (excluding diaryl/α,β-unsaturated/α-hetero) is 1. The number of carbonyl (C=O) groups is 3. The normalized spacial score (nSPS) is 16.6. The second kappa shape index (κ2) is 11.2. The molecule has 1 saturated heterocycles. The van der Waals surface area contributed by atoms with Gasteiger partial charge < -0.3 is 19.9 Å². The molecule has 4 rings (SSSR count). The molecule has 1 aliphatic heterocycles. The maximum atomic E-state index is 13.4. The lowest BCUT2D eigenvalue weighted by Gasteiger charge is -2.26. The highest BCUT2D eigenvalue weighted by molar-refractivity contribution is 6.51. The zero-order chi connectivity index (χ0) is 27.4. The van der Waals surface area contributed by atoms with Crippen molar-refractivity contribution in [3.05, 3.63) is 89.5 Å². The van der Waals surface area contributed by atoms with Gasteiger partial charge in [0.05, 0.1) is 25.3 Å². The predicted octanol–water partition coefficient (Wildman–Crippen LogP) is 5.31. The van der Waals surface area contributed by atoms with Crippen molar-refractivity contribution in [2.45, 2.75) is 26.8 Å². The molecule has 1 heterocycles. The molecule has 2 amide bonds. The quantitative estimate of drug-likeness (QED) is 0.240. The van der Waals surface area contributed by atoms with E-state index < -0.39 is 17.7 Å². The Morgan fingerprint density at radius 3 is 2.26 bits per heavy atom. The molecule has 0 saturated carbocycles. The molecule has 196 valence electrons. The number of ketones is 1. The van der Waals surface area contributed by atoms with Gasteiger partial charge in [-0.3, -0.25) is 19.3 Å². The summed E-state index contributed by atoms with van der Waals surface area (Å²) in [6, 6.07) is 19.4. The Bertz CT molecular complexity index is 1380. The molecule has 38 heavy (non-hydrogen) atoms. The molecule has 0 spiro atoms. The molecule has 1 aliphatic rings. The van der Waals surface area contributed by atoms with Crippen LogP contribution in [0.3, 0.4) is 0 Å². The molecule has 0 radical (unpaired) electrons. The van der Waals surface area contributed by atoms with Gasteiger partial charge in [0.25, 0.3) is 11.7 Å². The zero-order valence-electron chi connectivity index (χ0n) is 21.7. The molecule has 8 nitrogen and oxygen atoms in total. The lowest BCUT2D eigenvalue weighted by molar-refractivity contribution is -0.132. The van der Waals surface area contributed by atoms with E-state index in [-0.39, 0.29) is 17.2 Å². The number of nitrogens with zero attached hydrogens (tertiary/aromatic N) is 1. The van der Waals surface area contributed by atoms with Gasteiger partial charge in [-0.15, -0.1) is 0 Å². The van der Waals surface area contributed by atoms with Crippen LogP contribution in [0.15, 0.2) is 78.4 Å². The Labute approximate surface area is 221 Å². The fourth-order valence-corrected chi connectivity index (χ4v) is 4.26. The van der Waals surface area contributed by atoms with Crippen molar-refractivity contribution in [2.24, 2.45) is 5.92 Å². The van der Waals surface area contributed by atoms with E-state index in [4.69, 9.17) is 9.47 Å². The molecular formula is C30H30N2O6. The van der Waals surface area contributed by atoms with E-state index in [9.17, 15) is 19.5 Å². The number of methoxy groups -OCH3 is 1. The SMILES string of the molecule is COc1ccc(C2/C(=C(\O)c3ccc(OCC(C)C)cc3)C(=O)C(=O)N2c2cccc(NC(C)=O)c2)cc1. The summed E-state index contributed by atoms with van der Waals surface area (Å²) < 4.78 is 11.0. The van der Waals surface area contributed by atoms with Gasteiger partial charge in [0.15, 0.2) is 0 Å². The van der Waals surface area contributed by atoms with E-state index >= 15 is 0 Å². The van der Waals surface area contributed by atoms with Crippen molar-refractivity contribution in [2.75, 3.05) is 23.9 Å². The summed E-state index contributed by atoms with van der Waals surface area (Å²) in [5.41, 5.74) is 1.82. The number of hydrogen-bond acceptors (Lipinski definition) is 6. The van der Waals surface area contributed by atoms with Crippen molar-refractivity contribution in [3.63, 3.8) is 0 Å². The average Bonchev–Trinajstić information content (AvgIpc) is 3.17. The summed E-state index contributed by atoms with van der Waals surface area (Å²) in [7, 11) is 1.54. The van der Waals surface area contributed by atoms with Crippen molar-refractivity contribution in [1.29, 1.82) is 0 Å². The molecule has 0 bridgehead atoms. The number of rotatable bonds is 8. The lowest BCUT2D eigenvalue weighted by atomic mass is 9.95. The average molecular weight is 515 g/mol. The highest BCUT2D eigenvalue weighted by Crippen LogP contribution is 2.43. The van der Waals surface area contributed by atoms with E-state index in [1.807, 2.05) is 13.8 Å². The van der Waals surface area contributed by atoms with Crippen LogP contribution in [0.5, 0.6) is 11.5 Å². The van der Waals surface area contributed by atoms with E-state index in [1.54, 1.807) is 79.9 Å². The van der Waals surface area contributed by atoms with E-state index in [0.717, 1.165) is 0 Å². The minimum Gasteiger partial charge on any atom is -0.507 e. The summed E-state index contributed by atoms with van der Waals surface area (Å²) >= 11 is 0. The number of carbonyl (C=O) groups excluding carboxylic acids is 3. The second-order valence-corrected chi connectivity index (χ2v) is 9.40. The molecule has 2 N–H and O–H groups in total. The first-order valence-corrected chi connectivity index (χ1v) is 12.3. The first-order chi connectivity index (χ1) is 18.2. The Morgan fingerprint density at radius 1 is 1.00 bits per heavy atom. The highest BCUT2D eigenvalue weighted by Gasteiger charge is 2.47. The van der Waals surface area contributed by atoms with Gasteiger partial charge in [-0.1, -0.05) is 32.0 Å². The van der Waals surface area contributed by atoms with E-state index in [1.165, 1.54) is 11.8 Å². The third kappa shape index (κ3) is 5.54. The Hall–Kier alpha value is -4.59. The summed E-state index contributed by atoms with van der Waals surface area (Å²) in [5, 5.41) is 14.0. The van der Waals surface area contributed by atoms with Crippen LogP contribution in [0.1, 0.15) is 37.9 Å². The number of aliphatic hydroxyl groups is 1. The van der Waals surface area contributed by atoms with Crippen LogP contribution in [0.4, 0.5) is 11.4 Å². The van der Waals surface area contributed by atoms with E-state index in [0.29, 0.717) is 46.5 Å². The highest BCUT2D eigenvalue weighted by atomic mass is 16.5. The predicted molar refractivity (Wildman–Crippen MR) is 145 cm³/mol. The van der Waals surface area contributed by atoms with Crippen LogP contribution >= 0.6 is 0 Å². The molecule has 0 aromatic heterocycles. The van der Waals surface area contributed by atoms with Crippen molar-refractivity contribution in [1.82, 2.24) is 0 Å². The zero-order valence-corrected chi connectivity index (χ0v) is 21.7. The summed E-state index contributed by atoms with van der Waals surface area (Å²) in [6.45, 7) is 6.02. The standard InChI is InChI=1S/C30H30N2O6/c1-18(2)17-38-25-14-10-21(11-15-25)28(34)26-27(20-8-12-24(37-4)13-9-20)32(30(36)29(26)35)23-7-5-6-22(16-23)31-19(3)33/h5-16,18,27,34H,17H2,1-4H3,(H,31,33)/b28-26+. The monoisotopic (exact) mass is 514 g/mol. The van der Waals surface area contributed by atoms with Crippen LogP contribution in [0, 0.1) is 5.92 Å². The van der Waals surface area contributed by atoms with Gasteiger partial charge in [0, 0.05) is 23.9 Å². The van der Waals surface area contributed by atoms with Gasteiger partial charge in [-0.25, -0.2) is 0 Å². The van der Waals surface area contributed by atoms with Crippen LogP contribution in [0.2, 0.25) is 0 Å². The Balaban J connectivity index is 1.82. The Kier molecular flexibility index (Phi) is 7.81. The molecule has 3 aromatic rings. The van der Waals surface area contributed by atoms with Crippen LogP contribution < -0.4 is 19.7 Å². The number of anilines is 2. The molecule has 1 atom stereocenters. The third-order valence-electron chi connectivity index (χ3n) is 6.03. The smallest absolute Gasteiger partial charge is 0.300 e. The van der Waals surface area contributed by atoms with Gasteiger partial charge in [0.2, 0.25) is 5.91 Å². The van der Waals surface area contributed by atoms with E-state index in [2.05, 4.69) is 5.32 Å². The number of ether oxygens (including phenoxy) is 2. The van der Waals surface area contributed by atoms with Gasteiger partial charge in [-0.05, 0) is 66.1 Å². The third-order valence-corrected chi connectivity index (χ3v) is 6.03. The molecule has 3 aromatic carbocycles. The summed E-state index contributed by atoms with van der Waals surface area (Å²) in [4.78, 5) is 39.7. The Morgan fingerprint density at radius 2 is 1.66 bits per heavy atom. The summed E-state index contributed by atoms with van der Waals surface area (Å²) in [6.07, 6.45) is 0. The topological polar surface area (TPSA) is 105 Å². The number of aliphatic hydroxyl groups excluding tert-OH is 1. The second-order valence-electron chi connectivity index (χ2n) is 9.40. The van der Waals surface area contributed by atoms with Crippen molar-refractivity contribution in [3.8, 4) is 11.5 Å². The first kappa shape index (κ1) is 26.5. The first-order valence-electron chi connectivity index (χ1n) is 12.3. The molecule has 8 heteroatoms. The number of amides is 2. The molecule has 1 unspecified atom stereocenters. The number of hydrogen-bond donors (Lipinski definition) is 2. The van der Waals surface area contributed by atoms with Gasteiger partial charge >= 0.3 is 0 Å². The fraction of sp³-hybridized carbons (Fsp3) is 0.233. The number of benzene rings is 3. The van der Waals surface area contributed by atoms with Gasteiger partial charge in [-0.2, -0.15) is 0 Å². The molecule has 1 fully saturated rings. The summed E-state index contributed by atoms with van der Waals surface area (Å²) in [5.74, 6) is -0.560. The van der Waals surface area contributed by atoms with Crippen molar-refractivity contribution >= 4 is 34.7 Å². The minimum absolute atomic E-state index is 0.0408. The molecular weight excluding hydrogens is 484 g/mol. The van der Waals surface area contributed by atoms with Gasteiger partial charge in [0.1, 0.15) is 17.3 Å². The minimum atomic E-state index is -0.912. The van der Waals surface area contributed by atoms with Crippen LogP contribution in [0.25, 0.3) is 5.76 Å². The maximum Gasteiger partial charge on any atom is 0.300 e. The fourth-order valence-electron chi connectivity index (χ4n) is 4.26. The largest absolute Gasteiger partial charge is 0.507 e. The van der Waals surface area contributed by atoms with Crippen LogP contribution in [-0.2, 0) is 14.4 Å². The molecule has 0 aliphatic carbocycles.